The van der Waals surface area contributed by atoms with Crippen LogP contribution >= 0.6 is 0 Å². The van der Waals surface area contributed by atoms with Crippen LogP contribution in [0.15, 0.2) is 35.9 Å². The van der Waals surface area contributed by atoms with E-state index in [0.717, 1.165) is 5.57 Å². The first-order valence-corrected chi connectivity index (χ1v) is 5.51. The first kappa shape index (κ1) is 13.2. The number of benzene rings is 1. The molecule has 1 rings (SSSR count). The average molecular weight is 232 g/mol. The lowest BCUT2D eigenvalue weighted by Gasteiger charge is -2.02. The quantitative estimate of drug-likeness (QED) is 0.455. The lowest BCUT2D eigenvalue weighted by Crippen LogP contribution is -2.05. The van der Waals surface area contributed by atoms with Crippen molar-refractivity contribution in [3.05, 3.63) is 47.0 Å². The summed E-state index contributed by atoms with van der Waals surface area (Å²) in [6.07, 6.45) is 1.57. The summed E-state index contributed by atoms with van der Waals surface area (Å²) in [6, 6.07) is 6.47. The Balaban J connectivity index is 2.85. The molecule has 1 aromatic rings. The van der Waals surface area contributed by atoms with Gasteiger partial charge in [-0.25, -0.2) is 4.79 Å². The molecule has 0 spiro atoms. The summed E-state index contributed by atoms with van der Waals surface area (Å²) in [7, 11) is 0. The van der Waals surface area contributed by atoms with Crippen LogP contribution in [0.25, 0.3) is 0 Å². The summed E-state index contributed by atoms with van der Waals surface area (Å²) in [5.41, 5.74) is 1.98. The number of ether oxygens (including phenoxy) is 1. The molecule has 3 heteroatoms. The molecule has 0 saturated heterocycles. The SMILES string of the molecule is CCOC(=O)c1ccc(C(=O)C=C(C)C)cc1. The van der Waals surface area contributed by atoms with Crippen LogP contribution in [-0.4, -0.2) is 18.4 Å². The van der Waals surface area contributed by atoms with Crippen molar-refractivity contribution in [2.45, 2.75) is 20.8 Å². The molecule has 0 amide bonds. The molecule has 0 aliphatic carbocycles. The van der Waals surface area contributed by atoms with E-state index in [9.17, 15) is 9.59 Å². The van der Waals surface area contributed by atoms with Crippen LogP contribution in [0.5, 0.6) is 0 Å². The largest absolute Gasteiger partial charge is 0.462 e. The van der Waals surface area contributed by atoms with Crippen molar-refractivity contribution < 1.29 is 14.3 Å². The number of allylic oxidation sites excluding steroid dienone is 2. The molecule has 0 atom stereocenters. The summed E-state index contributed by atoms with van der Waals surface area (Å²) < 4.78 is 4.86. The zero-order chi connectivity index (χ0) is 12.8. The smallest absolute Gasteiger partial charge is 0.338 e. The molecule has 0 bridgehead atoms. The highest BCUT2D eigenvalue weighted by molar-refractivity contribution is 6.05. The van der Waals surface area contributed by atoms with Crippen molar-refractivity contribution in [2.24, 2.45) is 0 Å². The summed E-state index contributed by atoms with van der Waals surface area (Å²) >= 11 is 0. The van der Waals surface area contributed by atoms with Crippen LogP contribution in [0.1, 0.15) is 41.5 Å². The Bertz CT molecular complexity index is 437. The van der Waals surface area contributed by atoms with E-state index >= 15 is 0 Å². The predicted molar refractivity (Wildman–Crippen MR) is 66.2 cm³/mol. The molecule has 3 nitrogen and oxygen atoms in total. The first-order valence-electron chi connectivity index (χ1n) is 5.51. The van der Waals surface area contributed by atoms with E-state index in [-0.39, 0.29) is 11.8 Å². The van der Waals surface area contributed by atoms with Crippen molar-refractivity contribution in [2.75, 3.05) is 6.61 Å². The van der Waals surface area contributed by atoms with Crippen molar-refractivity contribution in [3.63, 3.8) is 0 Å². The second-order valence-electron chi connectivity index (χ2n) is 3.88. The van der Waals surface area contributed by atoms with Gasteiger partial charge in [0.25, 0.3) is 0 Å². The van der Waals surface area contributed by atoms with Gasteiger partial charge in [0, 0.05) is 5.56 Å². The number of ketones is 1. The van der Waals surface area contributed by atoms with Crippen LogP contribution in [-0.2, 0) is 4.74 Å². The fourth-order valence-corrected chi connectivity index (χ4v) is 1.33. The topological polar surface area (TPSA) is 43.4 Å². The Kier molecular flexibility index (Phi) is 4.64. The first-order chi connectivity index (χ1) is 8.04. The molecule has 0 heterocycles. The van der Waals surface area contributed by atoms with Gasteiger partial charge in [-0.1, -0.05) is 17.7 Å². The van der Waals surface area contributed by atoms with Crippen molar-refractivity contribution in [3.8, 4) is 0 Å². The van der Waals surface area contributed by atoms with Gasteiger partial charge in [0.1, 0.15) is 0 Å². The summed E-state index contributed by atoms with van der Waals surface area (Å²) in [5.74, 6) is -0.422. The minimum atomic E-state index is -0.367. The van der Waals surface area contributed by atoms with E-state index in [1.165, 1.54) is 0 Å². The van der Waals surface area contributed by atoms with Crippen molar-refractivity contribution >= 4 is 11.8 Å². The average Bonchev–Trinajstić information content (AvgIpc) is 2.28. The standard InChI is InChI=1S/C14H16O3/c1-4-17-14(16)12-7-5-11(6-8-12)13(15)9-10(2)3/h5-9H,4H2,1-3H3. The van der Waals surface area contributed by atoms with E-state index in [4.69, 9.17) is 4.74 Å². The number of rotatable bonds is 4. The molecule has 0 unspecified atom stereocenters. The zero-order valence-corrected chi connectivity index (χ0v) is 10.3. The molecular formula is C14H16O3. The lowest BCUT2D eigenvalue weighted by molar-refractivity contribution is 0.0526. The van der Waals surface area contributed by atoms with Gasteiger partial charge in [0.15, 0.2) is 5.78 Å². The summed E-state index contributed by atoms with van der Waals surface area (Å²) in [5, 5.41) is 0. The van der Waals surface area contributed by atoms with Gasteiger partial charge >= 0.3 is 5.97 Å². The van der Waals surface area contributed by atoms with E-state index in [1.807, 2.05) is 13.8 Å². The molecule has 17 heavy (non-hydrogen) atoms. The third kappa shape index (κ3) is 3.87. The summed E-state index contributed by atoms with van der Waals surface area (Å²) in [6.45, 7) is 5.83. The molecule has 0 aliphatic heterocycles. The number of carbonyl (C=O) groups excluding carboxylic acids is 2. The van der Waals surface area contributed by atoms with E-state index in [2.05, 4.69) is 0 Å². The Morgan fingerprint density at radius 2 is 1.65 bits per heavy atom. The fraction of sp³-hybridized carbons (Fsp3) is 0.286. The molecule has 0 saturated carbocycles. The number of esters is 1. The van der Waals surface area contributed by atoms with Crippen molar-refractivity contribution in [1.29, 1.82) is 0 Å². The van der Waals surface area contributed by atoms with E-state index in [0.29, 0.717) is 17.7 Å². The third-order valence-electron chi connectivity index (χ3n) is 2.10. The Morgan fingerprint density at radius 1 is 1.12 bits per heavy atom. The van der Waals surface area contributed by atoms with Gasteiger partial charge in [-0.2, -0.15) is 0 Å². The molecule has 0 fully saturated rings. The second kappa shape index (κ2) is 5.99. The normalized spacial score (nSPS) is 9.59. The minimum absolute atomic E-state index is 0.0552. The number of hydrogen-bond donors (Lipinski definition) is 0. The monoisotopic (exact) mass is 232 g/mol. The van der Waals surface area contributed by atoms with E-state index < -0.39 is 0 Å². The molecule has 1 aromatic carbocycles. The van der Waals surface area contributed by atoms with Gasteiger partial charge in [0.05, 0.1) is 12.2 Å². The Hall–Kier alpha value is -1.90. The van der Waals surface area contributed by atoms with Crippen molar-refractivity contribution in [1.82, 2.24) is 0 Å². The Morgan fingerprint density at radius 3 is 2.12 bits per heavy atom. The lowest BCUT2D eigenvalue weighted by atomic mass is 10.1. The fourth-order valence-electron chi connectivity index (χ4n) is 1.33. The molecule has 0 aromatic heterocycles. The Labute approximate surface area is 101 Å². The van der Waals surface area contributed by atoms with Crippen LogP contribution in [0, 0.1) is 0 Å². The van der Waals surface area contributed by atoms with Crippen LogP contribution in [0.2, 0.25) is 0 Å². The van der Waals surface area contributed by atoms with Gasteiger partial charge in [0.2, 0.25) is 0 Å². The number of hydrogen-bond acceptors (Lipinski definition) is 3. The highest BCUT2D eigenvalue weighted by atomic mass is 16.5. The summed E-state index contributed by atoms with van der Waals surface area (Å²) in [4.78, 5) is 23.1. The predicted octanol–water partition coefficient (Wildman–Crippen LogP) is 3.01. The van der Waals surface area contributed by atoms with Gasteiger partial charge < -0.3 is 4.74 Å². The molecule has 0 aliphatic rings. The molecule has 90 valence electrons. The van der Waals surface area contributed by atoms with Gasteiger partial charge in [-0.3, -0.25) is 4.79 Å². The van der Waals surface area contributed by atoms with Crippen LogP contribution in [0.3, 0.4) is 0 Å². The molecule has 0 N–H and O–H groups in total. The maximum absolute atomic E-state index is 11.7. The minimum Gasteiger partial charge on any atom is -0.462 e. The molecular weight excluding hydrogens is 216 g/mol. The maximum Gasteiger partial charge on any atom is 0.338 e. The van der Waals surface area contributed by atoms with E-state index in [1.54, 1.807) is 37.3 Å². The maximum atomic E-state index is 11.7. The number of carbonyl (C=O) groups is 2. The molecule has 0 radical (unpaired) electrons. The highest BCUT2D eigenvalue weighted by Crippen LogP contribution is 2.08. The van der Waals surface area contributed by atoms with Gasteiger partial charge in [-0.15, -0.1) is 0 Å². The highest BCUT2D eigenvalue weighted by Gasteiger charge is 2.07. The zero-order valence-electron chi connectivity index (χ0n) is 10.3. The van der Waals surface area contributed by atoms with Gasteiger partial charge in [-0.05, 0) is 39.0 Å². The van der Waals surface area contributed by atoms with Crippen LogP contribution in [0.4, 0.5) is 0 Å². The second-order valence-corrected chi connectivity index (χ2v) is 3.88. The third-order valence-corrected chi connectivity index (χ3v) is 2.10. The van der Waals surface area contributed by atoms with Crippen LogP contribution < -0.4 is 0 Å².